The van der Waals surface area contributed by atoms with Crippen LogP contribution < -0.4 is 5.73 Å². The number of aromatic nitrogens is 1. The second-order valence-corrected chi connectivity index (χ2v) is 6.51. The second-order valence-electron chi connectivity index (χ2n) is 4.58. The molecule has 0 atom stereocenters. The van der Waals surface area contributed by atoms with E-state index < -0.39 is 0 Å². The SMILES string of the molecule is Nc1cc(Br)ccc1SCc1ccc(F)c2cccnc12. The number of nitrogens with two attached hydrogens (primary N) is 1. The van der Waals surface area contributed by atoms with Gasteiger partial charge < -0.3 is 5.73 Å². The van der Waals surface area contributed by atoms with E-state index in [4.69, 9.17) is 5.73 Å². The van der Waals surface area contributed by atoms with Gasteiger partial charge in [-0.05, 0) is 42.0 Å². The first-order chi connectivity index (χ1) is 10.1. The Kier molecular flexibility index (Phi) is 4.12. The molecule has 0 bridgehead atoms. The number of nitrogen functional groups attached to an aromatic ring is 1. The molecule has 3 rings (SSSR count). The number of fused-ring (bicyclic) bond motifs is 1. The number of hydrogen-bond acceptors (Lipinski definition) is 3. The molecule has 0 fully saturated rings. The minimum atomic E-state index is -0.241. The molecule has 1 aromatic heterocycles. The first-order valence-electron chi connectivity index (χ1n) is 6.35. The molecule has 5 heteroatoms. The molecule has 2 nitrogen and oxygen atoms in total. The normalized spacial score (nSPS) is 11.0. The van der Waals surface area contributed by atoms with Gasteiger partial charge in [0.25, 0.3) is 0 Å². The lowest BCUT2D eigenvalue weighted by Gasteiger charge is -2.08. The fourth-order valence-electron chi connectivity index (χ4n) is 2.12. The molecule has 0 aliphatic carbocycles. The van der Waals surface area contributed by atoms with Gasteiger partial charge in [-0.25, -0.2) is 4.39 Å². The summed E-state index contributed by atoms with van der Waals surface area (Å²) in [4.78, 5) is 5.30. The first-order valence-corrected chi connectivity index (χ1v) is 8.13. The third-order valence-electron chi connectivity index (χ3n) is 3.16. The van der Waals surface area contributed by atoms with Crippen LogP contribution in [0.1, 0.15) is 5.56 Å². The fraction of sp³-hybridized carbons (Fsp3) is 0.0625. The smallest absolute Gasteiger partial charge is 0.132 e. The molecule has 0 amide bonds. The number of pyridine rings is 1. The van der Waals surface area contributed by atoms with Crippen LogP contribution in [-0.4, -0.2) is 4.98 Å². The lowest BCUT2D eigenvalue weighted by molar-refractivity contribution is 0.639. The molecule has 0 aliphatic heterocycles. The average Bonchev–Trinajstić information content (AvgIpc) is 2.48. The maximum absolute atomic E-state index is 13.8. The number of rotatable bonds is 3. The Morgan fingerprint density at radius 1 is 1.19 bits per heavy atom. The first kappa shape index (κ1) is 14.4. The van der Waals surface area contributed by atoms with Crippen molar-refractivity contribution in [3.8, 4) is 0 Å². The number of hydrogen-bond donors (Lipinski definition) is 1. The quantitative estimate of drug-likeness (QED) is 0.525. The summed E-state index contributed by atoms with van der Waals surface area (Å²) in [5.41, 5.74) is 8.43. The van der Waals surface area contributed by atoms with Gasteiger partial charge in [0.05, 0.1) is 5.52 Å². The van der Waals surface area contributed by atoms with Crippen molar-refractivity contribution in [2.24, 2.45) is 0 Å². The molecule has 0 radical (unpaired) electrons. The van der Waals surface area contributed by atoms with Crippen LogP contribution in [0.25, 0.3) is 10.9 Å². The predicted molar refractivity (Wildman–Crippen MR) is 89.8 cm³/mol. The Morgan fingerprint density at radius 2 is 2.05 bits per heavy atom. The van der Waals surface area contributed by atoms with Gasteiger partial charge in [0.1, 0.15) is 5.82 Å². The van der Waals surface area contributed by atoms with Gasteiger partial charge in [0.15, 0.2) is 0 Å². The van der Waals surface area contributed by atoms with E-state index in [1.807, 2.05) is 18.2 Å². The maximum Gasteiger partial charge on any atom is 0.132 e. The molecule has 21 heavy (non-hydrogen) atoms. The number of halogens is 2. The van der Waals surface area contributed by atoms with Crippen molar-refractivity contribution in [1.82, 2.24) is 4.98 Å². The van der Waals surface area contributed by atoms with Crippen LogP contribution in [0.5, 0.6) is 0 Å². The average molecular weight is 363 g/mol. The van der Waals surface area contributed by atoms with Crippen molar-refractivity contribution in [2.45, 2.75) is 10.6 Å². The van der Waals surface area contributed by atoms with Crippen molar-refractivity contribution < 1.29 is 4.39 Å². The largest absolute Gasteiger partial charge is 0.398 e. The number of anilines is 1. The molecule has 0 saturated heterocycles. The minimum absolute atomic E-state index is 0.241. The number of benzene rings is 2. The van der Waals surface area contributed by atoms with E-state index in [1.54, 1.807) is 36.2 Å². The van der Waals surface area contributed by atoms with Crippen molar-refractivity contribution in [3.05, 3.63) is 64.5 Å². The molecular formula is C16H12BrFN2S. The highest BCUT2D eigenvalue weighted by molar-refractivity contribution is 9.10. The lowest BCUT2D eigenvalue weighted by Crippen LogP contribution is -1.92. The summed E-state index contributed by atoms with van der Waals surface area (Å²) >= 11 is 5.01. The second kappa shape index (κ2) is 6.03. The molecule has 2 N–H and O–H groups in total. The number of nitrogens with zero attached hydrogens (tertiary/aromatic N) is 1. The van der Waals surface area contributed by atoms with Gasteiger partial charge in [0.2, 0.25) is 0 Å². The highest BCUT2D eigenvalue weighted by Crippen LogP contribution is 2.32. The number of thioether (sulfide) groups is 1. The van der Waals surface area contributed by atoms with Crippen LogP contribution >= 0.6 is 27.7 Å². The molecule has 0 unspecified atom stereocenters. The van der Waals surface area contributed by atoms with Gasteiger partial charge in [0, 0.05) is 32.4 Å². The highest BCUT2D eigenvalue weighted by Gasteiger charge is 2.08. The van der Waals surface area contributed by atoms with E-state index in [-0.39, 0.29) is 5.82 Å². The summed E-state index contributed by atoms with van der Waals surface area (Å²) in [5, 5.41) is 0.555. The summed E-state index contributed by atoms with van der Waals surface area (Å²) in [6.45, 7) is 0. The molecule has 106 valence electrons. The van der Waals surface area contributed by atoms with Gasteiger partial charge in [-0.2, -0.15) is 0 Å². The van der Waals surface area contributed by atoms with E-state index >= 15 is 0 Å². The fourth-order valence-corrected chi connectivity index (χ4v) is 3.43. The van der Waals surface area contributed by atoms with Crippen molar-refractivity contribution in [2.75, 3.05) is 5.73 Å². The molecule has 2 aromatic carbocycles. The van der Waals surface area contributed by atoms with E-state index in [1.165, 1.54) is 6.07 Å². The molecule has 1 heterocycles. The standard InChI is InChI=1S/C16H12BrFN2S/c17-11-4-6-15(14(19)8-11)21-9-10-3-5-13(18)12-2-1-7-20-16(10)12/h1-8H,9,19H2. The summed E-state index contributed by atoms with van der Waals surface area (Å²) in [5.74, 6) is 0.453. The molecule has 3 aromatic rings. The third kappa shape index (κ3) is 3.04. The van der Waals surface area contributed by atoms with E-state index in [2.05, 4.69) is 20.9 Å². The van der Waals surface area contributed by atoms with Crippen molar-refractivity contribution >= 4 is 44.3 Å². The summed E-state index contributed by atoms with van der Waals surface area (Å²) in [7, 11) is 0. The Labute approximate surface area is 134 Å². The molecule has 0 aliphatic rings. The van der Waals surface area contributed by atoms with Crippen LogP contribution in [-0.2, 0) is 5.75 Å². The lowest BCUT2D eigenvalue weighted by atomic mass is 10.1. The zero-order valence-electron chi connectivity index (χ0n) is 11.0. The Hall–Kier alpha value is -1.59. The minimum Gasteiger partial charge on any atom is -0.398 e. The van der Waals surface area contributed by atoms with Crippen molar-refractivity contribution in [3.63, 3.8) is 0 Å². The third-order valence-corrected chi connectivity index (χ3v) is 4.79. The summed E-state index contributed by atoms with van der Waals surface area (Å²) in [6, 6.07) is 12.6. The molecule has 0 saturated carbocycles. The Morgan fingerprint density at radius 3 is 2.86 bits per heavy atom. The molecule has 0 spiro atoms. The van der Waals surface area contributed by atoms with Gasteiger partial charge in [-0.3, -0.25) is 4.98 Å². The van der Waals surface area contributed by atoms with Crippen LogP contribution in [0, 0.1) is 5.82 Å². The topological polar surface area (TPSA) is 38.9 Å². The van der Waals surface area contributed by atoms with E-state index in [9.17, 15) is 4.39 Å². The maximum atomic E-state index is 13.8. The molecular weight excluding hydrogens is 351 g/mol. The predicted octanol–water partition coefficient (Wildman–Crippen LogP) is 5.01. The Bertz CT molecular complexity index is 807. The zero-order chi connectivity index (χ0) is 14.8. The summed E-state index contributed by atoms with van der Waals surface area (Å²) in [6.07, 6.45) is 1.68. The van der Waals surface area contributed by atoms with E-state index in [0.717, 1.165) is 20.6 Å². The van der Waals surface area contributed by atoms with Crippen molar-refractivity contribution in [1.29, 1.82) is 0 Å². The summed E-state index contributed by atoms with van der Waals surface area (Å²) < 4.78 is 14.7. The monoisotopic (exact) mass is 362 g/mol. The van der Waals surface area contributed by atoms with E-state index in [0.29, 0.717) is 16.7 Å². The van der Waals surface area contributed by atoms with Crippen LogP contribution in [0.15, 0.2) is 58.0 Å². The van der Waals surface area contributed by atoms with Gasteiger partial charge in [-0.1, -0.05) is 22.0 Å². The van der Waals surface area contributed by atoms with Gasteiger partial charge in [-0.15, -0.1) is 11.8 Å². The van der Waals surface area contributed by atoms with Crippen LogP contribution in [0.3, 0.4) is 0 Å². The Balaban J connectivity index is 1.90. The van der Waals surface area contributed by atoms with Crippen LogP contribution in [0.2, 0.25) is 0 Å². The van der Waals surface area contributed by atoms with Gasteiger partial charge >= 0.3 is 0 Å². The highest BCUT2D eigenvalue weighted by atomic mass is 79.9. The zero-order valence-corrected chi connectivity index (χ0v) is 13.4. The van der Waals surface area contributed by atoms with Crippen LogP contribution in [0.4, 0.5) is 10.1 Å².